The number of sulfonamides is 1. The lowest BCUT2D eigenvalue weighted by Gasteiger charge is -2.42. The summed E-state index contributed by atoms with van der Waals surface area (Å²) in [5.74, 6) is 0.443. The topological polar surface area (TPSA) is 57.7 Å². The molecule has 1 aliphatic heterocycles. The van der Waals surface area contributed by atoms with Crippen LogP contribution in [0.2, 0.25) is 0 Å². The molecule has 3 atom stereocenters. The van der Waals surface area contributed by atoms with Crippen molar-refractivity contribution in [3.8, 4) is 0 Å². The van der Waals surface area contributed by atoms with Gasteiger partial charge < -0.3 is 4.90 Å². The minimum atomic E-state index is -3.72. The van der Waals surface area contributed by atoms with E-state index in [1.807, 2.05) is 42.2 Å². The van der Waals surface area contributed by atoms with Crippen LogP contribution in [0.15, 0.2) is 59.5 Å². The van der Waals surface area contributed by atoms with Gasteiger partial charge in [0.2, 0.25) is 15.9 Å². The molecule has 2 aromatic carbocycles. The maximum atomic E-state index is 14.2. The van der Waals surface area contributed by atoms with Crippen LogP contribution >= 0.6 is 0 Å². The molecule has 1 heterocycles. The first-order valence-corrected chi connectivity index (χ1v) is 14.0. The maximum absolute atomic E-state index is 14.2. The maximum Gasteiger partial charge on any atom is 0.243 e. The lowest BCUT2D eigenvalue weighted by atomic mass is 9.75. The minimum absolute atomic E-state index is 0.00533. The van der Waals surface area contributed by atoms with Gasteiger partial charge in [-0.05, 0) is 74.0 Å². The van der Waals surface area contributed by atoms with Gasteiger partial charge in [0.15, 0.2) is 0 Å². The molecule has 0 bridgehead atoms. The van der Waals surface area contributed by atoms with E-state index in [1.54, 1.807) is 12.1 Å². The molecule has 1 amide bonds. The summed E-state index contributed by atoms with van der Waals surface area (Å²) in [6.07, 6.45) is 5.05. The van der Waals surface area contributed by atoms with Crippen LogP contribution in [0.4, 0.5) is 0 Å². The van der Waals surface area contributed by atoms with Crippen LogP contribution in [0.1, 0.15) is 57.1 Å². The zero-order chi connectivity index (χ0) is 24.1. The zero-order valence-electron chi connectivity index (χ0n) is 20.5. The van der Waals surface area contributed by atoms with Gasteiger partial charge in [-0.1, -0.05) is 61.9 Å². The number of fused-ring (bicyclic) bond motifs is 1. The summed E-state index contributed by atoms with van der Waals surface area (Å²) in [4.78, 5) is 16.5. The molecule has 6 heteroatoms. The molecule has 0 unspecified atom stereocenters. The summed E-state index contributed by atoms with van der Waals surface area (Å²) < 4.78 is 28.8. The SMILES string of the molecule is Cc1ccc(S(=O)(=O)N2C[C@H]3C[C@H]3[C@@H]2C(=O)N(Cc2ccccc2)C2CCC(C)(C)CC2)cc1. The fraction of sp³-hybridized carbons (Fsp3) is 0.536. The highest BCUT2D eigenvalue weighted by atomic mass is 32.2. The molecule has 182 valence electrons. The van der Waals surface area contributed by atoms with Crippen LogP contribution in [0.25, 0.3) is 0 Å². The van der Waals surface area contributed by atoms with Gasteiger partial charge >= 0.3 is 0 Å². The molecule has 5 rings (SSSR count). The van der Waals surface area contributed by atoms with Gasteiger partial charge in [-0.25, -0.2) is 8.42 Å². The van der Waals surface area contributed by atoms with Crippen LogP contribution in [0, 0.1) is 24.2 Å². The Hall–Kier alpha value is -2.18. The summed E-state index contributed by atoms with van der Waals surface area (Å²) in [7, 11) is -3.72. The standard InChI is InChI=1S/C28H36N2O3S/c1-20-9-11-24(12-10-20)34(32,33)30-19-22-17-25(22)26(30)27(31)29(18-21-7-5-4-6-8-21)23-13-15-28(2,3)16-14-23/h4-12,22-23,25-26H,13-19H2,1-3H3/t22-,25-,26-/m1/s1. The van der Waals surface area contributed by atoms with Gasteiger partial charge in [0.05, 0.1) is 4.90 Å². The average Bonchev–Trinajstić information content (AvgIpc) is 3.47. The molecule has 0 radical (unpaired) electrons. The summed E-state index contributed by atoms with van der Waals surface area (Å²) in [5.41, 5.74) is 2.41. The predicted molar refractivity (Wildman–Crippen MR) is 133 cm³/mol. The molecular weight excluding hydrogens is 444 g/mol. The van der Waals surface area contributed by atoms with Crippen LogP contribution in [0.3, 0.4) is 0 Å². The number of carbonyl (C=O) groups is 1. The summed E-state index contributed by atoms with van der Waals surface area (Å²) in [6.45, 7) is 7.54. The Balaban J connectivity index is 1.45. The van der Waals surface area contributed by atoms with Crippen LogP contribution in [-0.4, -0.2) is 42.2 Å². The fourth-order valence-corrected chi connectivity index (χ4v) is 7.54. The van der Waals surface area contributed by atoms with E-state index in [1.165, 1.54) is 4.31 Å². The average molecular weight is 481 g/mol. The highest BCUT2D eigenvalue weighted by molar-refractivity contribution is 7.89. The first kappa shape index (κ1) is 23.6. The number of benzene rings is 2. The third-order valence-corrected chi connectivity index (χ3v) is 10.1. The molecule has 3 fully saturated rings. The van der Waals surface area contributed by atoms with Crippen LogP contribution in [-0.2, 0) is 21.4 Å². The zero-order valence-corrected chi connectivity index (χ0v) is 21.3. The largest absolute Gasteiger partial charge is 0.334 e. The van der Waals surface area contributed by atoms with E-state index >= 15 is 0 Å². The van der Waals surface area contributed by atoms with E-state index in [4.69, 9.17) is 0 Å². The van der Waals surface area contributed by atoms with Gasteiger partial charge in [0.1, 0.15) is 6.04 Å². The van der Waals surface area contributed by atoms with Crippen LogP contribution in [0.5, 0.6) is 0 Å². The molecule has 5 nitrogen and oxygen atoms in total. The molecule has 0 aromatic heterocycles. The van der Waals surface area contributed by atoms with Gasteiger partial charge in [0, 0.05) is 19.1 Å². The van der Waals surface area contributed by atoms with E-state index in [0.29, 0.717) is 24.4 Å². The fourth-order valence-electron chi connectivity index (χ4n) is 5.86. The van der Waals surface area contributed by atoms with Crippen molar-refractivity contribution in [2.24, 2.45) is 17.3 Å². The number of aryl methyl sites for hydroxylation is 1. The molecular formula is C28H36N2O3S. The van der Waals surface area contributed by atoms with Crippen molar-refractivity contribution >= 4 is 15.9 Å². The second kappa shape index (κ2) is 8.80. The number of hydrogen-bond acceptors (Lipinski definition) is 3. The Bertz CT molecular complexity index is 1130. The molecule has 0 N–H and O–H groups in total. The summed E-state index contributed by atoms with van der Waals surface area (Å²) in [6, 6.07) is 16.7. The normalized spacial score (nSPS) is 26.7. The van der Waals surface area contributed by atoms with Gasteiger partial charge in [-0.3, -0.25) is 4.79 Å². The Morgan fingerprint density at radius 2 is 1.68 bits per heavy atom. The Labute approximate surface area is 204 Å². The molecule has 2 aliphatic carbocycles. The first-order chi connectivity index (χ1) is 16.2. The molecule has 34 heavy (non-hydrogen) atoms. The molecule has 3 aliphatic rings. The van der Waals surface area contributed by atoms with Gasteiger partial charge in [0.25, 0.3) is 0 Å². The monoisotopic (exact) mass is 480 g/mol. The van der Waals surface area contributed by atoms with Crippen molar-refractivity contribution in [1.29, 1.82) is 0 Å². The Kier molecular flexibility index (Phi) is 6.09. The third kappa shape index (κ3) is 4.55. The number of piperidine rings is 1. The molecule has 2 saturated carbocycles. The van der Waals surface area contributed by atoms with E-state index < -0.39 is 16.1 Å². The third-order valence-electron chi connectivity index (χ3n) is 8.22. The number of amides is 1. The van der Waals surface area contributed by atoms with Gasteiger partial charge in [-0.2, -0.15) is 4.31 Å². The van der Waals surface area contributed by atoms with E-state index in [9.17, 15) is 13.2 Å². The minimum Gasteiger partial charge on any atom is -0.334 e. The van der Waals surface area contributed by atoms with Gasteiger partial charge in [-0.15, -0.1) is 0 Å². The number of hydrogen-bond donors (Lipinski definition) is 0. The molecule has 0 spiro atoms. The second-order valence-corrected chi connectivity index (χ2v) is 13.2. The van der Waals surface area contributed by atoms with E-state index in [-0.39, 0.29) is 22.8 Å². The Morgan fingerprint density at radius 1 is 1.03 bits per heavy atom. The number of nitrogens with zero attached hydrogens (tertiary/aromatic N) is 2. The number of rotatable bonds is 6. The molecule has 2 aromatic rings. The van der Waals surface area contributed by atoms with Crippen molar-refractivity contribution in [1.82, 2.24) is 9.21 Å². The van der Waals surface area contributed by atoms with Crippen LogP contribution < -0.4 is 0 Å². The summed E-state index contributed by atoms with van der Waals surface area (Å²) in [5, 5.41) is 0. The van der Waals surface area contributed by atoms with Crippen molar-refractivity contribution in [3.05, 3.63) is 65.7 Å². The number of carbonyl (C=O) groups excluding carboxylic acids is 1. The summed E-state index contributed by atoms with van der Waals surface area (Å²) >= 11 is 0. The Morgan fingerprint density at radius 3 is 2.32 bits per heavy atom. The highest BCUT2D eigenvalue weighted by Crippen LogP contribution is 2.52. The second-order valence-electron chi connectivity index (χ2n) is 11.3. The lowest BCUT2D eigenvalue weighted by Crippen LogP contribution is -2.53. The molecule has 1 saturated heterocycles. The van der Waals surface area contributed by atoms with Crippen molar-refractivity contribution in [2.75, 3.05) is 6.54 Å². The van der Waals surface area contributed by atoms with Crippen molar-refractivity contribution < 1.29 is 13.2 Å². The van der Waals surface area contributed by atoms with E-state index in [2.05, 4.69) is 26.0 Å². The lowest BCUT2D eigenvalue weighted by molar-refractivity contribution is -0.139. The quantitative estimate of drug-likeness (QED) is 0.585. The predicted octanol–water partition coefficient (Wildman–Crippen LogP) is 5.00. The van der Waals surface area contributed by atoms with Crippen molar-refractivity contribution in [2.45, 2.75) is 76.4 Å². The smallest absolute Gasteiger partial charge is 0.243 e. The first-order valence-electron chi connectivity index (χ1n) is 12.6. The van der Waals surface area contributed by atoms with E-state index in [0.717, 1.165) is 43.2 Å². The van der Waals surface area contributed by atoms with Crippen molar-refractivity contribution in [3.63, 3.8) is 0 Å². The highest BCUT2D eigenvalue weighted by Gasteiger charge is 2.60.